The number of nitrogens with zero attached hydrogens (tertiary/aromatic N) is 3. The molecule has 0 N–H and O–H groups in total. The number of rotatable bonds is 3. The zero-order valence-electron chi connectivity index (χ0n) is 11.6. The number of hydrogen-bond donors (Lipinski definition) is 0. The summed E-state index contributed by atoms with van der Waals surface area (Å²) < 4.78 is 28.0. The highest BCUT2D eigenvalue weighted by Crippen LogP contribution is 2.20. The predicted octanol–water partition coefficient (Wildman–Crippen LogP) is 3.18. The summed E-state index contributed by atoms with van der Waals surface area (Å²) in [5, 5.41) is 4.28. The first-order valence-corrected chi connectivity index (χ1v) is 7.40. The fourth-order valence-corrected chi connectivity index (χ4v) is 2.90. The number of aromatic nitrogens is 2. The number of hydrogen-bond acceptors (Lipinski definition) is 4. The molecular weight excluding hydrogens is 308 g/mol. The van der Waals surface area contributed by atoms with Gasteiger partial charge in [-0.2, -0.15) is 9.78 Å². The van der Waals surface area contributed by atoms with Gasteiger partial charge in [-0.1, -0.05) is 13.0 Å². The molecule has 0 fully saturated rings. The van der Waals surface area contributed by atoms with Crippen molar-refractivity contribution >= 4 is 27.8 Å². The second kappa shape index (κ2) is 5.76. The van der Waals surface area contributed by atoms with Crippen LogP contribution in [-0.4, -0.2) is 15.9 Å². The Balaban J connectivity index is 2.06. The van der Waals surface area contributed by atoms with Crippen molar-refractivity contribution in [2.24, 2.45) is 5.10 Å². The van der Waals surface area contributed by atoms with Crippen molar-refractivity contribution in [2.75, 3.05) is 0 Å². The first-order valence-electron chi connectivity index (χ1n) is 6.58. The van der Waals surface area contributed by atoms with Crippen LogP contribution < -0.4 is 5.56 Å². The highest BCUT2D eigenvalue weighted by atomic mass is 32.1. The average molecular weight is 319 g/mol. The minimum absolute atomic E-state index is 0.297. The number of aryl methyl sites for hydroxylation is 1. The van der Waals surface area contributed by atoms with Crippen molar-refractivity contribution in [3.63, 3.8) is 0 Å². The molecule has 2 heterocycles. The second-order valence-electron chi connectivity index (χ2n) is 4.56. The Bertz CT molecular complexity index is 910. The summed E-state index contributed by atoms with van der Waals surface area (Å²) >= 11 is 1.44. The van der Waals surface area contributed by atoms with Crippen LogP contribution in [0.15, 0.2) is 40.5 Å². The fraction of sp³-hybridized carbons (Fsp3) is 0.133. The van der Waals surface area contributed by atoms with Crippen LogP contribution in [0.2, 0.25) is 0 Å². The Hall–Kier alpha value is -2.41. The molecule has 0 amide bonds. The number of fused-ring (bicyclic) bond motifs is 1. The van der Waals surface area contributed by atoms with Gasteiger partial charge in [0, 0.05) is 4.88 Å². The van der Waals surface area contributed by atoms with Crippen molar-refractivity contribution in [2.45, 2.75) is 13.3 Å². The van der Waals surface area contributed by atoms with Crippen molar-refractivity contribution in [3.05, 3.63) is 63.0 Å². The van der Waals surface area contributed by atoms with Crippen LogP contribution >= 0.6 is 11.3 Å². The lowest BCUT2D eigenvalue weighted by Crippen LogP contribution is -2.16. The maximum absolute atomic E-state index is 13.5. The first-order chi connectivity index (χ1) is 10.6. The minimum Gasteiger partial charge on any atom is -0.267 e. The average Bonchev–Trinajstić information content (AvgIpc) is 2.93. The standard InChI is InChI=1S/C15H11F2N3OS/c1-2-9-6-10-14(22-9)18-8-20(15(10)21)19-7-11-12(16)4-3-5-13(11)17/h3-8H,2H2,1H3/b19-7-. The van der Waals surface area contributed by atoms with E-state index in [0.29, 0.717) is 10.2 Å². The molecule has 0 saturated carbocycles. The molecule has 0 spiro atoms. The third-order valence-corrected chi connectivity index (χ3v) is 4.33. The van der Waals surface area contributed by atoms with Crippen molar-refractivity contribution in [1.82, 2.24) is 9.66 Å². The van der Waals surface area contributed by atoms with E-state index in [1.54, 1.807) is 6.07 Å². The summed E-state index contributed by atoms with van der Waals surface area (Å²) in [5.41, 5.74) is -0.664. The first kappa shape index (κ1) is 14.5. The second-order valence-corrected chi connectivity index (χ2v) is 5.67. The van der Waals surface area contributed by atoms with Crippen molar-refractivity contribution in [1.29, 1.82) is 0 Å². The van der Waals surface area contributed by atoms with Gasteiger partial charge in [-0.05, 0) is 24.6 Å². The smallest absolute Gasteiger partial charge is 0.267 e. The lowest BCUT2D eigenvalue weighted by atomic mass is 10.2. The predicted molar refractivity (Wildman–Crippen MR) is 82.6 cm³/mol. The molecule has 0 aliphatic heterocycles. The third-order valence-electron chi connectivity index (χ3n) is 3.15. The van der Waals surface area contributed by atoms with Gasteiger partial charge in [-0.3, -0.25) is 4.79 Å². The molecule has 0 unspecified atom stereocenters. The quantitative estimate of drug-likeness (QED) is 0.696. The summed E-state index contributed by atoms with van der Waals surface area (Å²) in [6.07, 6.45) is 3.03. The van der Waals surface area contributed by atoms with Gasteiger partial charge in [-0.15, -0.1) is 11.3 Å². The highest BCUT2D eigenvalue weighted by Gasteiger charge is 2.09. The Morgan fingerprint density at radius 1 is 1.36 bits per heavy atom. The van der Waals surface area contributed by atoms with Crippen molar-refractivity contribution in [3.8, 4) is 0 Å². The van der Waals surface area contributed by atoms with E-state index in [-0.39, 0.29) is 11.1 Å². The van der Waals surface area contributed by atoms with Crippen LogP contribution in [0.25, 0.3) is 10.2 Å². The van der Waals surface area contributed by atoms with Gasteiger partial charge in [0.15, 0.2) is 0 Å². The molecule has 4 nitrogen and oxygen atoms in total. The fourth-order valence-electron chi connectivity index (χ4n) is 1.97. The van der Waals surface area contributed by atoms with E-state index >= 15 is 0 Å². The Kier molecular flexibility index (Phi) is 3.81. The Morgan fingerprint density at radius 2 is 2.09 bits per heavy atom. The zero-order chi connectivity index (χ0) is 15.7. The summed E-state index contributed by atoms with van der Waals surface area (Å²) in [6.45, 7) is 1.99. The van der Waals surface area contributed by atoms with Gasteiger partial charge in [0.05, 0.1) is 17.2 Å². The molecule has 0 saturated heterocycles. The topological polar surface area (TPSA) is 47.2 Å². The third kappa shape index (κ3) is 2.55. The number of thiophene rings is 1. The molecule has 2 aromatic heterocycles. The maximum Gasteiger partial charge on any atom is 0.282 e. The molecule has 1 aromatic carbocycles. The Labute approximate surface area is 128 Å². The molecule has 0 bridgehead atoms. The summed E-state index contributed by atoms with van der Waals surface area (Å²) in [5.74, 6) is -1.48. The van der Waals surface area contributed by atoms with Gasteiger partial charge in [0.25, 0.3) is 5.56 Å². The van der Waals surface area contributed by atoms with Gasteiger partial charge in [0.2, 0.25) is 0 Å². The van der Waals surface area contributed by atoms with Crippen LogP contribution in [0, 0.1) is 11.6 Å². The SMILES string of the molecule is CCc1cc2c(=O)n(/N=C\c3c(F)cccc3F)cnc2s1. The highest BCUT2D eigenvalue weighted by molar-refractivity contribution is 7.18. The van der Waals surface area contributed by atoms with E-state index in [1.165, 1.54) is 23.7 Å². The van der Waals surface area contributed by atoms with Crippen molar-refractivity contribution < 1.29 is 8.78 Å². The molecule has 112 valence electrons. The van der Waals surface area contributed by atoms with Gasteiger partial charge in [-0.25, -0.2) is 13.8 Å². The van der Waals surface area contributed by atoms with E-state index in [2.05, 4.69) is 10.1 Å². The molecule has 22 heavy (non-hydrogen) atoms. The molecular formula is C15H11F2N3OS. The van der Waals surface area contributed by atoms with Gasteiger partial charge >= 0.3 is 0 Å². The zero-order valence-corrected chi connectivity index (χ0v) is 12.4. The molecule has 3 rings (SSSR count). The normalized spacial score (nSPS) is 11.6. The summed E-state index contributed by atoms with van der Waals surface area (Å²) in [6, 6.07) is 5.28. The Morgan fingerprint density at radius 3 is 2.77 bits per heavy atom. The summed E-state index contributed by atoms with van der Waals surface area (Å²) in [4.78, 5) is 18.1. The van der Waals surface area contributed by atoms with E-state index in [1.807, 2.05) is 6.92 Å². The van der Waals surface area contributed by atoms with Crippen LogP contribution in [0.4, 0.5) is 8.78 Å². The van der Waals surface area contributed by atoms with E-state index in [9.17, 15) is 13.6 Å². The molecule has 0 radical (unpaired) electrons. The van der Waals surface area contributed by atoms with Gasteiger partial charge < -0.3 is 0 Å². The molecule has 7 heteroatoms. The minimum atomic E-state index is -0.741. The molecule has 0 aliphatic rings. The lowest BCUT2D eigenvalue weighted by molar-refractivity contribution is 0.579. The van der Waals surface area contributed by atoms with Crippen LogP contribution in [-0.2, 0) is 6.42 Å². The van der Waals surface area contributed by atoms with Crippen LogP contribution in [0.1, 0.15) is 17.4 Å². The van der Waals surface area contributed by atoms with E-state index < -0.39 is 11.6 Å². The molecule has 0 atom stereocenters. The van der Waals surface area contributed by atoms with Gasteiger partial charge in [0.1, 0.15) is 22.8 Å². The lowest BCUT2D eigenvalue weighted by Gasteiger charge is -1.99. The number of halogens is 2. The largest absolute Gasteiger partial charge is 0.282 e. The van der Waals surface area contributed by atoms with E-state index in [0.717, 1.165) is 34.3 Å². The molecule has 0 aliphatic carbocycles. The maximum atomic E-state index is 13.5. The van der Waals surface area contributed by atoms with E-state index in [4.69, 9.17) is 0 Å². The monoisotopic (exact) mass is 319 g/mol. The van der Waals surface area contributed by atoms with Crippen LogP contribution in [0.3, 0.4) is 0 Å². The number of benzene rings is 1. The summed E-state index contributed by atoms with van der Waals surface area (Å²) in [7, 11) is 0. The molecule has 3 aromatic rings. The van der Waals surface area contributed by atoms with Crippen LogP contribution in [0.5, 0.6) is 0 Å².